The van der Waals surface area contributed by atoms with Crippen molar-refractivity contribution in [3.05, 3.63) is 35.9 Å². The van der Waals surface area contributed by atoms with Gasteiger partial charge < -0.3 is 16.4 Å². The van der Waals surface area contributed by atoms with Crippen LogP contribution in [-0.4, -0.2) is 30.0 Å². The number of nitrogens with two attached hydrogens (primary N) is 2. The Balaban J connectivity index is 2.62. The van der Waals surface area contributed by atoms with E-state index in [1.807, 2.05) is 25.1 Å². The maximum Gasteiger partial charge on any atom is 0.249 e. The zero-order chi connectivity index (χ0) is 14.0. The second kappa shape index (κ2) is 4.93. The first-order chi connectivity index (χ1) is 8.99. The monoisotopic (exact) mass is 257 g/mol. The predicted octanol–water partition coefficient (Wildman–Crippen LogP) is 0.891. The number of amides is 1. The van der Waals surface area contributed by atoms with Crippen molar-refractivity contribution >= 4 is 17.7 Å². The fraction of sp³-hybridized carbons (Fsp3) is 0.154. The number of carbonyl (C=O) groups is 1. The lowest BCUT2D eigenvalue weighted by Gasteiger charge is -2.13. The van der Waals surface area contributed by atoms with Gasteiger partial charge in [0.05, 0.1) is 5.69 Å². The molecule has 0 aliphatic rings. The summed E-state index contributed by atoms with van der Waals surface area (Å²) in [6.07, 6.45) is 0. The molecule has 19 heavy (non-hydrogen) atoms. The minimum Gasteiger partial charge on any atom is -0.368 e. The summed E-state index contributed by atoms with van der Waals surface area (Å²) >= 11 is 0. The quantitative estimate of drug-likeness (QED) is 0.850. The fourth-order valence-electron chi connectivity index (χ4n) is 1.74. The molecule has 0 aliphatic carbocycles. The zero-order valence-electron chi connectivity index (χ0n) is 10.8. The third kappa shape index (κ3) is 2.62. The summed E-state index contributed by atoms with van der Waals surface area (Å²) in [6.45, 7) is 0. The third-order valence-corrected chi connectivity index (χ3v) is 2.66. The summed E-state index contributed by atoms with van der Waals surface area (Å²) in [5.74, 6) is 0.321. The van der Waals surface area contributed by atoms with E-state index >= 15 is 0 Å². The summed E-state index contributed by atoms with van der Waals surface area (Å²) in [5.41, 5.74) is 12.7. The summed E-state index contributed by atoms with van der Waals surface area (Å²) in [5, 5.41) is 0. The molecule has 0 saturated heterocycles. The van der Waals surface area contributed by atoms with E-state index in [9.17, 15) is 4.79 Å². The van der Waals surface area contributed by atoms with Crippen LogP contribution in [0.3, 0.4) is 0 Å². The van der Waals surface area contributed by atoms with E-state index in [1.54, 1.807) is 24.3 Å². The molecule has 6 heteroatoms. The van der Waals surface area contributed by atoms with Crippen LogP contribution >= 0.6 is 0 Å². The maximum absolute atomic E-state index is 11.4. The van der Waals surface area contributed by atoms with Crippen LogP contribution in [0.5, 0.6) is 0 Å². The standard InChI is InChI=1S/C13H15N5O/c1-18(2)11-7-10(16-13(15)17-11)8-5-3-4-6-9(8)12(14)19/h3-7H,1-2H3,(H2,14,19)(H2,15,16,17). The van der Waals surface area contributed by atoms with Crippen LogP contribution in [0.15, 0.2) is 30.3 Å². The smallest absolute Gasteiger partial charge is 0.249 e. The Kier molecular flexibility index (Phi) is 3.33. The van der Waals surface area contributed by atoms with Gasteiger partial charge in [0.25, 0.3) is 0 Å². The van der Waals surface area contributed by atoms with Gasteiger partial charge in [0, 0.05) is 31.3 Å². The number of rotatable bonds is 3. The van der Waals surface area contributed by atoms with Gasteiger partial charge in [0.1, 0.15) is 5.82 Å². The van der Waals surface area contributed by atoms with Crippen molar-refractivity contribution in [2.45, 2.75) is 0 Å². The second-order valence-electron chi connectivity index (χ2n) is 4.27. The van der Waals surface area contributed by atoms with E-state index in [0.29, 0.717) is 22.6 Å². The summed E-state index contributed by atoms with van der Waals surface area (Å²) in [7, 11) is 3.71. The number of benzene rings is 1. The molecule has 0 fully saturated rings. The summed E-state index contributed by atoms with van der Waals surface area (Å²) < 4.78 is 0. The topological polar surface area (TPSA) is 98.1 Å². The Morgan fingerprint density at radius 1 is 1.21 bits per heavy atom. The van der Waals surface area contributed by atoms with E-state index in [-0.39, 0.29) is 5.95 Å². The molecule has 0 saturated carbocycles. The molecule has 1 amide bonds. The van der Waals surface area contributed by atoms with Gasteiger partial charge in [-0.15, -0.1) is 0 Å². The fourth-order valence-corrected chi connectivity index (χ4v) is 1.74. The average Bonchev–Trinajstić information content (AvgIpc) is 2.37. The van der Waals surface area contributed by atoms with Crippen molar-refractivity contribution in [1.29, 1.82) is 0 Å². The number of hydrogen-bond donors (Lipinski definition) is 2. The predicted molar refractivity (Wildman–Crippen MR) is 74.7 cm³/mol. The zero-order valence-corrected chi connectivity index (χ0v) is 10.8. The molecule has 98 valence electrons. The number of hydrogen-bond acceptors (Lipinski definition) is 5. The van der Waals surface area contributed by atoms with Gasteiger partial charge in [-0.3, -0.25) is 4.79 Å². The molecule has 0 bridgehead atoms. The lowest BCUT2D eigenvalue weighted by Crippen LogP contribution is -2.14. The van der Waals surface area contributed by atoms with Crippen LogP contribution in [-0.2, 0) is 0 Å². The average molecular weight is 257 g/mol. The summed E-state index contributed by atoms with van der Waals surface area (Å²) in [4.78, 5) is 21.5. The number of nitrogen functional groups attached to an aromatic ring is 1. The molecule has 1 heterocycles. The highest BCUT2D eigenvalue weighted by molar-refractivity contribution is 5.99. The van der Waals surface area contributed by atoms with Crippen LogP contribution in [0, 0.1) is 0 Å². The van der Waals surface area contributed by atoms with Gasteiger partial charge >= 0.3 is 0 Å². The third-order valence-electron chi connectivity index (χ3n) is 2.66. The highest BCUT2D eigenvalue weighted by Crippen LogP contribution is 2.24. The molecule has 2 rings (SSSR count). The van der Waals surface area contributed by atoms with Gasteiger partial charge in [-0.1, -0.05) is 18.2 Å². The normalized spacial score (nSPS) is 10.2. The van der Waals surface area contributed by atoms with Crippen LogP contribution in [0.25, 0.3) is 11.3 Å². The summed E-state index contributed by atoms with van der Waals surface area (Å²) in [6, 6.07) is 8.77. The molecule has 6 nitrogen and oxygen atoms in total. The van der Waals surface area contributed by atoms with E-state index < -0.39 is 5.91 Å². The van der Waals surface area contributed by atoms with E-state index in [1.165, 1.54) is 0 Å². The first-order valence-corrected chi connectivity index (χ1v) is 5.70. The minimum atomic E-state index is -0.501. The highest BCUT2D eigenvalue weighted by atomic mass is 16.1. The van der Waals surface area contributed by atoms with Gasteiger partial charge in [0.15, 0.2) is 0 Å². The first kappa shape index (κ1) is 12.8. The van der Waals surface area contributed by atoms with Crippen LogP contribution in [0.4, 0.5) is 11.8 Å². The minimum absolute atomic E-state index is 0.153. The SMILES string of the molecule is CN(C)c1cc(-c2ccccc2C(N)=O)nc(N)n1. The Hall–Kier alpha value is -2.63. The Bertz CT molecular complexity index is 624. The number of nitrogens with zero attached hydrogens (tertiary/aromatic N) is 3. The van der Waals surface area contributed by atoms with Gasteiger partial charge in [-0.05, 0) is 6.07 Å². The van der Waals surface area contributed by atoms with Gasteiger partial charge in [-0.25, -0.2) is 4.98 Å². The van der Waals surface area contributed by atoms with E-state index in [4.69, 9.17) is 11.5 Å². The van der Waals surface area contributed by atoms with Crippen molar-refractivity contribution in [2.75, 3.05) is 24.7 Å². The Morgan fingerprint density at radius 2 is 1.89 bits per heavy atom. The number of primary amides is 1. The number of anilines is 2. The first-order valence-electron chi connectivity index (χ1n) is 5.70. The molecule has 0 spiro atoms. The van der Waals surface area contributed by atoms with E-state index in [0.717, 1.165) is 0 Å². The van der Waals surface area contributed by atoms with Crippen molar-refractivity contribution in [1.82, 2.24) is 9.97 Å². The lowest BCUT2D eigenvalue weighted by molar-refractivity contribution is 0.100. The van der Waals surface area contributed by atoms with Gasteiger partial charge in [-0.2, -0.15) is 4.98 Å². The molecule has 4 N–H and O–H groups in total. The number of carbonyl (C=O) groups excluding carboxylic acids is 1. The Morgan fingerprint density at radius 3 is 2.53 bits per heavy atom. The van der Waals surface area contributed by atoms with Crippen molar-refractivity contribution < 1.29 is 4.79 Å². The largest absolute Gasteiger partial charge is 0.368 e. The van der Waals surface area contributed by atoms with Crippen molar-refractivity contribution in [2.24, 2.45) is 5.73 Å². The molecule has 1 aromatic carbocycles. The van der Waals surface area contributed by atoms with Gasteiger partial charge in [0.2, 0.25) is 11.9 Å². The molecule has 0 unspecified atom stereocenters. The Labute approximate surface area is 111 Å². The molecule has 0 aliphatic heterocycles. The molecule has 1 aromatic heterocycles. The maximum atomic E-state index is 11.4. The highest BCUT2D eigenvalue weighted by Gasteiger charge is 2.12. The number of aromatic nitrogens is 2. The molecule has 0 radical (unpaired) electrons. The molecular weight excluding hydrogens is 242 g/mol. The van der Waals surface area contributed by atoms with Crippen molar-refractivity contribution in [3.63, 3.8) is 0 Å². The van der Waals surface area contributed by atoms with E-state index in [2.05, 4.69) is 9.97 Å². The van der Waals surface area contributed by atoms with Crippen LogP contribution in [0.2, 0.25) is 0 Å². The van der Waals surface area contributed by atoms with Crippen LogP contribution < -0.4 is 16.4 Å². The molecular formula is C13H15N5O. The van der Waals surface area contributed by atoms with Crippen LogP contribution in [0.1, 0.15) is 10.4 Å². The molecule has 2 aromatic rings. The van der Waals surface area contributed by atoms with Crippen molar-refractivity contribution in [3.8, 4) is 11.3 Å². The second-order valence-corrected chi connectivity index (χ2v) is 4.27. The molecule has 0 atom stereocenters. The lowest BCUT2D eigenvalue weighted by atomic mass is 10.0.